The Morgan fingerprint density at radius 1 is 1.03 bits per heavy atom. The van der Waals surface area contributed by atoms with E-state index in [1.54, 1.807) is 21.3 Å². The number of benzene rings is 1. The first-order valence-corrected chi connectivity index (χ1v) is 10.5. The standard InChI is InChI=1S/C22H35N3O3.HI/c1-5-23-22(25-18-13-17(18)16-9-7-6-8-10-16)24-14-15-11-19(26-2)21(28-4)20(12-15)27-3;/h11-12,16-18H,5-10,13-14H2,1-4H3,(H2,23,24,25);1H. The molecular formula is C22H36IN3O3. The Morgan fingerprint density at radius 2 is 1.69 bits per heavy atom. The summed E-state index contributed by atoms with van der Waals surface area (Å²) in [6.07, 6.45) is 8.32. The second kappa shape index (κ2) is 11.7. The van der Waals surface area contributed by atoms with Crippen LogP contribution in [0.5, 0.6) is 17.2 Å². The van der Waals surface area contributed by atoms with Crippen molar-refractivity contribution in [1.82, 2.24) is 10.6 Å². The van der Waals surface area contributed by atoms with Crippen molar-refractivity contribution in [2.24, 2.45) is 16.8 Å². The molecule has 2 aliphatic rings. The van der Waals surface area contributed by atoms with Crippen LogP contribution in [0, 0.1) is 11.8 Å². The zero-order valence-electron chi connectivity index (χ0n) is 18.1. The van der Waals surface area contributed by atoms with Crippen molar-refractivity contribution >= 4 is 29.9 Å². The molecular weight excluding hydrogens is 481 g/mol. The molecule has 0 amide bonds. The number of hydrogen-bond acceptors (Lipinski definition) is 4. The number of nitrogens with zero attached hydrogens (tertiary/aromatic N) is 1. The van der Waals surface area contributed by atoms with Gasteiger partial charge in [0.25, 0.3) is 0 Å². The lowest BCUT2D eigenvalue weighted by atomic mass is 9.85. The monoisotopic (exact) mass is 517 g/mol. The van der Waals surface area contributed by atoms with Gasteiger partial charge in [0, 0.05) is 12.6 Å². The smallest absolute Gasteiger partial charge is 0.203 e. The molecule has 0 bridgehead atoms. The number of nitrogens with one attached hydrogen (secondary N) is 2. The molecule has 2 saturated carbocycles. The van der Waals surface area contributed by atoms with Gasteiger partial charge in [-0.25, -0.2) is 4.99 Å². The minimum atomic E-state index is 0. The number of methoxy groups -OCH3 is 3. The summed E-state index contributed by atoms with van der Waals surface area (Å²) in [6, 6.07) is 4.48. The second-order valence-corrected chi connectivity index (χ2v) is 7.78. The summed E-state index contributed by atoms with van der Waals surface area (Å²) >= 11 is 0. The van der Waals surface area contributed by atoms with E-state index in [9.17, 15) is 0 Å². The molecule has 29 heavy (non-hydrogen) atoms. The maximum atomic E-state index is 5.44. The predicted octanol–water partition coefficient (Wildman–Crippen LogP) is 4.35. The number of guanidine groups is 1. The van der Waals surface area contributed by atoms with Crippen molar-refractivity contribution in [3.63, 3.8) is 0 Å². The molecule has 0 aromatic heterocycles. The largest absolute Gasteiger partial charge is 0.493 e. The molecule has 3 rings (SSSR count). The van der Waals surface area contributed by atoms with Gasteiger partial charge in [-0.05, 0) is 42.9 Å². The Labute approximate surface area is 192 Å². The normalized spacial score (nSPS) is 21.7. The van der Waals surface area contributed by atoms with E-state index in [0.717, 1.165) is 29.9 Å². The van der Waals surface area contributed by atoms with Gasteiger partial charge in [-0.1, -0.05) is 32.1 Å². The molecule has 0 radical (unpaired) electrons. The molecule has 0 heterocycles. The fraction of sp³-hybridized carbons (Fsp3) is 0.682. The minimum absolute atomic E-state index is 0. The van der Waals surface area contributed by atoms with E-state index >= 15 is 0 Å². The maximum Gasteiger partial charge on any atom is 0.203 e. The summed E-state index contributed by atoms with van der Waals surface area (Å²) in [4.78, 5) is 4.79. The Kier molecular flexibility index (Phi) is 9.65. The Hall–Kier alpha value is -1.38. The molecule has 0 spiro atoms. The molecule has 0 saturated heterocycles. The maximum absolute atomic E-state index is 5.44. The fourth-order valence-electron chi connectivity index (χ4n) is 4.36. The minimum Gasteiger partial charge on any atom is -0.493 e. The quantitative estimate of drug-likeness (QED) is 0.305. The summed E-state index contributed by atoms with van der Waals surface area (Å²) in [5.74, 6) is 4.54. The van der Waals surface area contributed by atoms with Crippen LogP contribution in [0.4, 0.5) is 0 Å². The van der Waals surface area contributed by atoms with E-state index in [0.29, 0.717) is 29.8 Å². The lowest BCUT2D eigenvalue weighted by Crippen LogP contribution is -2.39. The van der Waals surface area contributed by atoms with Crippen LogP contribution in [0.1, 0.15) is 51.0 Å². The predicted molar refractivity (Wildman–Crippen MR) is 128 cm³/mol. The van der Waals surface area contributed by atoms with E-state index in [2.05, 4.69) is 17.6 Å². The van der Waals surface area contributed by atoms with Crippen LogP contribution in [-0.4, -0.2) is 39.9 Å². The van der Waals surface area contributed by atoms with Crippen molar-refractivity contribution in [1.29, 1.82) is 0 Å². The number of hydrogen-bond donors (Lipinski definition) is 2. The van der Waals surface area contributed by atoms with Crippen LogP contribution < -0.4 is 24.8 Å². The fourth-order valence-corrected chi connectivity index (χ4v) is 4.36. The Morgan fingerprint density at radius 3 is 2.24 bits per heavy atom. The van der Waals surface area contributed by atoms with Crippen LogP contribution in [0.25, 0.3) is 0 Å². The first-order chi connectivity index (χ1) is 13.7. The SMILES string of the molecule is CCNC(=NCc1cc(OC)c(OC)c(OC)c1)NC1CC1C1CCCCC1.I. The lowest BCUT2D eigenvalue weighted by molar-refractivity contribution is 0.315. The highest BCUT2D eigenvalue weighted by molar-refractivity contribution is 14.0. The van der Waals surface area contributed by atoms with Gasteiger partial charge in [0.2, 0.25) is 5.75 Å². The highest BCUT2D eigenvalue weighted by Gasteiger charge is 2.43. The van der Waals surface area contributed by atoms with Crippen LogP contribution in [0.15, 0.2) is 17.1 Å². The summed E-state index contributed by atoms with van der Waals surface area (Å²) in [7, 11) is 4.88. The van der Waals surface area contributed by atoms with Crippen LogP contribution in [-0.2, 0) is 6.54 Å². The average molecular weight is 517 g/mol. The summed E-state index contributed by atoms with van der Waals surface area (Å²) in [6.45, 7) is 3.50. The summed E-state index contributed by atoms with van der Waals surface area (Å²) in [5.41, 5.74) is 1.02. The molecule has 1 aromatic rings. The van der Waals surface area contributed by atoms with Gasteiger partial charge in [0.15, 0.2) is 17.5 Å². The zero-order chi connectivity index (χ0) is 19.9. The molecule has 2 fully saturated rings. The molecule has 0 aliphatic heterocycles. The van der Waals surface area contributed by atoms with Crippen molar-refractivity contribution in [3.8, 4) is 17.2 Å². The summed E-state index contributed by atoms with van der Waals surface area (Å²) < 4.78 is 16.3. The zero-order valence-corrected chi connectivity index (χ0v) is 20.5. The van der Waals surface area contributed by atoms with Gasteiger partial charge in [0.1, 0.15) is 0 Å². The van der Waals surface area contributed by atoms with E-state index < -0.39 is 0 Å². The number of ether oxygens (including phenoxy) is 3. The molecule has 2 unspecified atom stereocenters. The Bertz CT molecular complexity index is 652. The lowest BCUT2D eigenvalue weighted by Gasteiger charge is -2.22. The summed E-state index contributed by atoms with van der Waals surface area (Å²) in [5, 5.41) is 7.02. The van der Waals surface area contributed by atoms with Gasteiger partial charge in [-0.3, -0.25) is 0 Å². The second-order valence-electron chi connectivity index (χ2n) is 7.78. The first kappa shape index (κ1) is 23.9. The van der Waals surface area contributed by atoms with E-state index in [-0.39, 0.29) is 24.0 Å². The average Bonchev–Trinajstić information content (AvgIpc) is 3.51. The molecule has 2 atom stereocenters. The van der Waals surface area contributed by atoms with Crippen molar-refractivity contribution < 1.29 is 14.2 Å². The topological polar surface area (TPSA) is 64.1 Å². The van der Waals surface area contributed by atoms with Crippen molar-refractivity contribution in [2.75, 3.05) is 27.9 Å². The third-order valence-electron chi connectivity index (χ3n) is 5.91. The number of aliphatic imine (C=N–C) groups is 1. The van der Waals surface area contributed by atoms with Gasteiger partial charge >= 0.3 is 0 Å². The van der Waals surface area contributed by atoms with Crippen LogP contribution in [0.3, 0.4) is 0 Å². The molecule has 1 aromatic carbocycles. The number of halogens is 1. The van der Waals surface area contributed by atoms with E-state index in [4.69, 9.17) is 19.2 Å². The highest BCUT2D eigenvalue weighted by atomic mass is 127. The van der Waals surface area contributed by atoms with Gasteiger partial charge < -0.3 is 24.8 Å². The molecule has 2 N–H and O–H groups in total. The van der Waals surface area contributed by atoms with E-state index in [1.807, 2.05) is 12.1 Å². The first-order valence-electron chi connectivity index (χ1n) is 10.5. The van der Waals surface area contributed by atoms with Crippen LogP contribution in [0.2, 0.25) is 0 Å². The van der Waals surface area contributed by atoms with Crippen molar-refractivity contribution in [3.05, 3.63) is 17.7 Å². The molecule has 2 aliphatic carbocycles. The molecule has 164 valence electrons. The molecule has 6 nitrogen and oxygen atoms in total. The van der Waals surface area contributed by atoms with Gasteiger partial charge in [0.05, 0.1) is 27.9 Å². The van der Waals surface area contributed by atoms with E-state index in [1.165, 1.54) is 38.5 Å². The number of rotatable bonds is 8. The third kappa shape index (κ3) is 6.30. The van der Waals surface area contributed by atoms with Crippen molar-refractivity contribution in [2.45, 2.75) is 58.0 Å². The molecule has 7 heteroatoms. The van der Waals surface area contributed by atoms with Crippen LogP contribution >= 0.6 is 24.0 Å². The Balaban J connectivity index is 0.00000300. The third-order valence-corrected chi connectivity index (χ3v) is 5.91. The van der Waals surface area contributed by atoms with Gasteiger partial charge in [-0.15, -0.1) is 24.0 Å². The van der Waals surface area contributed by atoms with Gasteiger partial charge in [-0.2, -0.15) is 0 Å². The highest BCUT2D eigenvalue weighted by Crippen LogP contribution is 2.44.